The van der Waals surface area contributed by atoms with E-state index in [1.807, 2.05) is 146 Å². The minimum atomic E-state index is -2.68. The number of benzene rings is 10. The molecule has 141 heavy (non-hydrogen) atoms. The standard InChI is InChI=1S/C27H28FN2O.2C25H24FN2O.2C22H18FN2O/c1-15-11-21(28)24-20-10-8-9-18(14-29)25(20)31-26(24)23(15)22-12-19(13-27(4,5)6)16(2)17(3)30(22)7;2*1-14(2)11-17-12-16(4)28(6)21(13-17)22-15(3)7-8-18-19-9-10-20(27-5)23(26)25(19)29-24(18)22;2*1-12-10-14(3)25(5)18(11-12)19-13(2)6-7-15-16-8-9-17(24-4)20(23)22(16)26-21(15)19/h8-12H,13H2,1-7H3;2*7-10,12-14H,11H2,1-4,6H3;2*6-11H,1-3,5H3/q5*+1/i2D3,12D,13D2;11D2,12D,13D;11D2;10D,11D;. The Morgan fingerprint density at radius 1 is 0.376 bits per heavy atom. The molecule has 0 saturated carbocycles. The fraction of sp³-hybridized carbons (Fsp3) is 0.256. The fourth-order valence-corrected chi connectivity index (χ4v) is 18.3. The molecule has 706 valence electrons. The van der Waals surface area contributed by atoms with Crippen molar-refractivity contribution >= 4 is 132 Å². The number of furan rings is 5. The highest BCUT2D eigenvalue weighted by Crippen LogP contribution is 2.48. The molecule has 0 unspecified atom stereocenters. The molecule has 0 spiro atoms. The highest BCUT2D eigenvalue weighted by atomic mass is 19.1. The van der Waals surface area contributed by atoms with Crippen molar-refractivity contribution < 1.29 is 86.1 Å². The molecule has 0 atom stereocenters. The predicted octanol–water partition coefficient (Wildman–Crippen LogP) is 31.2. The van der Waals surface area contributed by atoms with Crippen molar-refractivity contribution in [2.75, 3.05) is 0 Å². The van der Waals surface area contributed by atoms with Crippen LogP contribution in [0.25, 0.3) is 185 Å². The molecule has 0 bridgehead atoms. The minimum absolute atomic E-state index is 0.00729. The summed E-state index contributed by atoms with van der Waals surface area (Å²) in [4.78, 5) is 12.9. The second-order valence-electron chi connectivity index (χ2n) is 37.4. The van der Waals surface area contributed by atoms with Crippen LogP contribution in [0.2, 0.25) is 0 Å². The number of hydrogen-bond acceptors (Lipinski definition) is 6. The monoisotopic (exact) mass is 1890 g/mol. The molecule has 0 aliphatic heterocycles. The number of halogens is 5. The summed E-state index contributed by atoms with van der Waals surface area (Å²) in [5.74, 6) is -3.85. The Hall–Kier alpha value is -16.0. The van der Waals surface area contributed by atoms with E-state index in [1.54, 1.807) is 123 Å². The van der Waals surface area contributed by atoms with Gasteiger partial charge < -0.3 is 22.1 Å². The normalized spacial score (nSPS) is 13.3. The lowest BCUT2D eigenvalue weighted by Crippen LogP contribution is -2.36. The Balaban J connectivity index is 0.000000138. The van der Waals surface area contributed by atoms with E-state index in [4.69, 9.17) is 66.2 Å². The number of rotatable bonds is 10. The predicted molar refractivity (Wildman–Crippen MR) is 553 cm³/mol. The number of hydrogen-bond donors (Lipinski definition) is 0. The fourth-order valence-electron chi connectivity index (χ4n) is 18.3. The van der Waals surface area contributed by atoms with Crippen LogP contribution in [0.3, 0.4) is 0 Å². The molecule has 20 rings (SSSR count). The number of pyridine rings is 5. The van der Waals surface area contributed by atoms with E-state index >= 15 is 4.39 Å². The van der Waals surface area contributed by atoms with E-state index in [0.29, 0.717) is 111 Å². The van der Waals surface area contributed by atoms with Gasteiger partial charge in [-0.3, -0.25) is 0 Å². The summed E-state index contributed by atoms with van der Waals surface area (Å²) in [6, 6.07) is 44.4. The highest BCUT2D eigenvalue weighted by Gasteiger charge is 2.34. The van der Waals surface area contributed by atoms with Gasteiger partial charge in [-0.15, -0.1) is 0 Å². The number of para-hydroxylation sites is 1. The minimum Gasteiger partial charge on any atom is -0.454 e. The summed E-state index contributed by atoms with van der Waals surface area (Å²) >= 11 is 0. The average Bonchev–Trinajstić information content (AvgIpc) is 1.28. The van der Waals surface area contributed by atoms with Gasteiger partial charge in [0.2, 0.25) is 51.2 Å². The maximum absolute atomic E-state index is 15.3. The summed E-state index contributed by atoms with van der Waals surface area (Å²) in [5, 5.41) is 15.5. The molecule has 0 aliphatic carbocycles. The van der Waals surface area contributed by atoms with Crippen LogP contribution in [-0.4, -0.2) is 0 Å². The van der Waals surface area contributed by atoms with Gasteiger partial charge in [0.05, 0.1) is 71.9 Å². The zero-order valence-electron chi connectivity index (χ0n) is 96.9. The highest BCUT2D eigenvalue weighted by molar-refractivity contribution is 6.15. The summed E-state index contributed by atoms with van der Waals surface area (Å²) in [6.07, 6.45) is -5.59. The molecule has 0 aliphatic rings. The van der Waals surface area contributed by atoms with Gasteiger partial charge in [0.1, 0.15) is 69.5 Å². The van der Waals surface area contributed by atoms with Gasteiger partial charge >= 0.3 is 0 Å². The zero-order chi connectivity index (χ0) is 114. The lowest BCUT2D eigenvalue weighted by Gasteiger charge is -2.20. The van der Waals surface area contributed by atoms with Crippen molar-refractivity contribution in [1.82, 2.24) is 0 Å². The summed E-state index contributed by atoms with van der Waals surface area (Å²) < 4.78 is 234. The Bertz CT molecular complexity index is 9640. The van der Waals surface area contributed by atoms with Crippen LogP contribution >= 0.6 is 0 Å². The van der Waals surface area contributed by atoms with E-state index in [9.17, 15) is 24.2 Å². The first-order chi connectivity index (χ1) is 72.6. The molecule has 15 nitrogen and oxygen atoms in total. The lowest BCUT2D eigenvalue weighted by atomic mass is 9.85. The molecular weight excluding hydrogens is 1770 g/mol. The molecule has 0 saturated heterocycles. The number of fused-ring (bicyclic) bond motifs is 15. The van der Waals surface area contributed by atoms with Crippen LogP contribution in [0, 0.1) is 174 Å². The Kier molecular flexibility index (Phi) is 22.1. The topological polar surface area (TPSA) is 126 Å². The molecule has 10 heterocycles. The van der Waals surface area contributed by atoms with Crippen LogP contribution in [0.5, 0.6) is 0 Å². The molecule has 20 aromatic rings. The first-order valence-electron chi connectivity index (χ1n) is 52.8. The quantitative estimate of drug-likeness (QED) is 0.0762. The molecule has 0 N–H and O–H groups in total. The van der Waals surface area contributed by atoms with Crippen LogP contribution in [0.15, 0.2) is 198 Å². The Labute approximate surface area is 837 Å². The van der Waals surface area contributed by atoms with Crippen molar-refractivity contribution in [3.63, 3.8) is 0 Å². The smallest absolute Gasteiger partial charge is 0.225 e. The van der Waals surface area contributed by atoms with Gasteiger partial charge in [0.25, 0.3) is 0 Å². The number of aromatic nitrogens is 5. The second kappa shape index (κ2) is 38.4. The van der Waals surface area contributed by atoms with E-state index in [2.05, 4.69) is 56.0 Å². The number of aryl methyl sites for hydroxylation is 8. The summed E-state index contributed by atoms with van der Waals surface area (Å²) in [7, 11) is 9.10. The van der Waals surface area contributed by atoms with Crippen molar-refractivity contribution in [2.24, 2.45) is 52.5 Å². The third-order valence-corrected chi connectivity index (χ3v) is 25.7. The molecule has 0 radical (unpaired) electrons. The van der Waals surface area contributed by atoms with Gasteiger partial charge in [-0.25, -0.2) is 41.3 Å². The molecule has 10 aromatic carbocycles. The maximum Gasteiger partial charge on any atom is 0.225 e. The third-order valence-electron chi connectivity index (χ3n) is 25.7. The van der Waals surface area contributed by atoms with Crippen LogP contribution in [0.1, 0.15) is 163 Å². The van der Waals surface area contributed by atoms with E-state index in [0.717, 1.165) is 83.6 Å². The third kappa shape index (κ3) is 17.9. The van der Waals surface area contributed by atoms with Gasteiger partial charge in [-0.05, 0) is 159 Å². The first kappa shape index (κ1) is 81.1. The molecular formula is C121H112F5N10O5+5. The zero-order valence-corrected chi connectivity index (χ0v) is 82.9. The number of nitrogens with zero attached hydrogens (tertiary/aromatic N) is 10. The Morgan fingerprint density at radius 2 is 0.738 bits per heavy atom. The molecule has 20 heteroatoms. The van der Waals surface area contributed by atoms with Crippen molar-refractivity contribution in [1.29, 1.82) is 5.26 Å². The van der Waals surface area contributed by atoms with Gasteiger partial charge in [-0.2, -0.15) is 28.1 Å². The lowest BCUT2D eigenvalue weighted by molar-refractivity contribution is -0.667. The average molecular weight is 1900 g/mol. The maximum atomic E-state index is 15.3. The van der Waals surface area contributed by atoms with E-state index < -0.39 is 66.4 Å². The first-order valence-corrected chi connectivity index (χ1v) is 45.8. The van der Waals surface area contributed by atoms with Gasteiger partial charge in [0.15, 0.2) is 85.2 Å². The van der Waals surface area contributed by atoms with Gasteiger partial charge in [-0.1, -0.05) is 158 Å². The van der Waals surface area contributed by atoms with Gasteiger partial charge in [0, 0.05) is 155 Å². The van der Waals surface area contributed by atoms with Crippen LogP contribution in [-0.2, 0) is 54.4 Å². The number of nitriles is 1. The molecule has 0 fully saturated rings. The van der Waals surface area contributed by atoms with Crippen molar-refractivity contribution in [2.45, 2.75) is 158 Å². The van der Waals surface area contributed by atoms with E-state index in [-0.39, 0.29) is 125 Å². The Morgan fingerprint density at radius 3 is 1.15 bits per heavy atom. The molecule has 10 aromatic heterocycles. The van der Waals surface area contributed by atoms with Crippen molar-refractivity contribution in [3.8, 4) is 62.4 Å². The summed E-state index contributed by atoms with van der Waals surface area (Å²) in [5.41, 5.74) is 17.4. The van der Waals surface area contributed by atoms with Crippen LogP contribution in [0.4, 0.5) is 44.7 Å². The van der Waals surface area contributed by atoms with Crippen molar-refractivity contribution in [3.05, 3.63) is 346 Å². The largest absolute Gasteiger partial charge is 0.454 e. The van der Waals surface area contributed by atoms with Crippen LogP contribution < -0.4 is 22.8 Å². The van der Waals surface area contributed by atoms with E-state index in [1.165, 1.54) is 34.9 Å². The SMILES string of the molecule is [2H]C([2H])(c1cc(C)[n+](C)c(-c2c(C)ccc3c2oc2c(F)c([N+]#[C-])ccc23)c1)C(C)C.[2H]c1c(C([2H])([2H])C(C)(C)C)c(C([2H])([2H])[2H])c(C)[n+](C)c1-c1c(C)cc(F)c2c1oc1c(C#N)cccc12.[2H]c1c(C([2H])([2H])C(C)C)c([2H])c(-c2c(C)ccc3c2oc2c(F)c([N+]#[C-])ccc23)[n+](C)c1C.[2H]c1c(C)c([2H])c(-c2c(C)ccc3c2oc2c(F)c([N+]#[C-])ccc23)[n+](C)c1C.[C-]#[N+]c1ccc2c(oc3c(-c4cc(C)cc(C)[n+]4C)c(C)ccc32)c1F. The summed E-state index contributed by atoms with van der Waals surface area (Å²) in [6.45, 7) is 60.5. The second-order valence-corrected chi connectivity index (χ2v) is 37.4. The molecule has 0 amide bonds.